The Morgan fingerprint density at radius 2 is 1.16 bits per heavy atom. The van der Waals surface area contributed by atoms with Crippen molar-refractivity contribution in [1.82, 2.24) is 15.1 Å². The molecular formula is C39H50N4OS. The Hall–Kier alpha value is -3.29. The fourth-order valence-electron chi connectivity index (χ4n) is 7.66. The number of nitrogens with one attached hydrogen (secondary N) is 1. The molecule has 6 rings (SSSR count). The van der Waals surface area contributed by atoms with Crippen LogP contribution in [0.4, 0.5) is 0 Å². The molecule has 0 aliphatic heterocycles. The first-order chi connectivity index (χ1) is 21.8. The summed E-state index contributed by atoms with van der Waals surface area (Å²) >= 11 is 1.62. The molecular weight excluding hydrogens is 573 g/mol. The molecule has 1 amide bonds. The summed E-state index contributed by atoms with van der Waals surface area (Å²) in [6, 6.07) is 33.1. The molecule has 2 saturated carbocycles. The molecule has 4 aromatic rings. The molecule has 1 heterocycles. The smallest absolute Gasteiger partial charge is 0.253 e. The molecule has 3 aromatic carbocycles. The number of carbonyl (C=O) groups is 1. The van der Waals surface area contributed by atoms with E-state index in [1.807, 2.05) is 41.8 Å². The van der Waals surface area contributed by atoms with Crippen LogP contribution in [0, 0.1) is 0 Å². The highest BCUT2D eigenvalue weighted by Gasteiger charge is 2.45. The molecule has 2 aliphatic carbocycles. The Kier molecular flexibility index (Phi) is 10.9. The van der Waals surface area contributed by atoms with Crippen LogP contribution in [0.25, 0.3) is 10.4 Å². The third-order valence-corrected chi connectivity index (χ3v) is 11.3. The molecule has 2 unspecified atom stereocenters. The number of nitrogens with zero attached hydrogens (tertiary/aromatic N) is 2. The number of benzene rings is 3. The van der Waals surface area contributed by atoms with Crippen molar-refractivity contribution in [2.75, 3.05) is 28.2 Å². The van der Waals surface area contributed by atoms with Crippen molar-refractivity contribution in [2.45, 2.75) is 74.5 Å². The minimum Gasteiger partial charge on any atom is -0.343 e. The van der Waals surface area contributed by atoms with E-state index in [-0.39, 0.29) is 29.1 Å². The molecule has 0 saturated heterocycles. The Morgan fingerprint density at radius 1 is 0.689 bits per heavy atom. The Balaban J connectivity index is 0.000000211. The minimum atomic E-state index is -0.0556. The summed E-state index contributed by atoms with van der Waals surface area (Å²) in [4.78, 5) is 19.2. The van der Waals surface area contributed by atoms with Gasteiger partial charge in [-0.3, -0.25) is 4.79 Å². The van der Waals surface area contributed by atoms with Crippen molar-refractivity contribution in [3.63, 3.8) is 0 Å². The highest BCUT2D eigenvalue weighted by molar-refractivity contribution is 7.14. The van der Waals surface area contributed by atoms with Crippen LogP contribution >= 0.6 is 11.3 Å². The first-order valence-corrected chi connectivity index (χ1v) is 17.3. The first-order valence-electron chi connectivity index (χ1n) is 16.4. The summed E-state index contributed by atoms with van der Waals surface area (Å²) in [5.74, 6) is 0.00656. The molecule has 238 valence electrons. The van der Waals surface area contributed by atoms with Gasteiger partial charge in [0.2, 0.25) is 0 Å². The second-order valence-corrected chi connectivity index (χ2v) is 14.1. The van der Waals surface area contributed by atoms with Crippen molar-refractivity contribution >= 4 is 17.2 Å². The van der Waals surface area contributed by atoms with E-state index in [0.717, 1.165) is 28.8 Å². The molecule has 1 aromatic heterocycles. The van der Waals surface area contributed by atoms with Gasteiger partial charge in [0.25, 0.3) is 5.91 Å². The van der Waals surface area contributed by atoms with E-state index < -0.39 is 0 Å². The lowest BCUT2D eigenvalue weighted by molar-refractivity contribution is 0.0767. The number of thiophene rings is 1. The maximum absolute atomic E-state index is 13.5. The molecule has 2 fully saturated rings. The van der Waals surface area contributed by atoms with Gasteiger partial charge in [0.1, 0.15) is 0 Å². The van der Waals surface area contributed by atoms with E-state index in [1.165, 1.54) is 49.7 Å². The van der Waals surface area contributed by atoms with Gasteiger partial charge in [-0.15, -0.1) is 11.3 Å². The molecule has 3 N–H and O–H groups in total. The number of carbonyl (C=O) groups excluding carboxylic acids is 1. The quantitative estimate of drug-likeness (QED) is 0.197. The van der Waals surface area contributed by atoms with Crippen LogP contribution in [0.1, 0.15) is 84.9 Å². The second-order valence-electron chi connectivity index (χ2n) is 13.1. The van der Waals surface area contributed by atoms with Crippen LogP contribution < -0.4 is 11.1 Å². The summed E-state index contributed by atoms with van der Waals surface area (Å²) in [6.45, 7) is 0. The Bertz CT molecular complexity index is 1470. The number of hydrogen-bond acceptors (Lipinski definition) is 5. The third kappa shape index (κ3) is 7.10. The largest absolute Gasteiger partial charge is 0.343 e. The lowest BCUT2D eigenvalue weighted by atomic mass is 9.82. The molecule has 0 radical (unpaired) electrons. The predicted octanol–water partition coefficient (Wildman–Crippen LogP) is 8.32. The van der Waals surface area contributed by atoms with Gasteiger partial charge in [-0.25, -0.2) is 0 Å². The number of amides is 1. The van der Waals surface area contributed by atoms with Gasteiger partial charge in [-0.05, 0) is 82.0 Å². The van der Waals surface area contributed by atoms with Crippen LogP contribution in [-0.2, 0) is 0 Å². The van der Waals surface area contributed by atoms with Crippen molar-refractivity contribution in [3.05, 3.63) is 119 Å². The lowest BCUT2D eigenvalue weighted by Crippen LogP contribution is -2.53. The van der Waals surface area contributed by atoms with Gasteiger partial charge in [-0.1, -0.05) is 117 Å². The fraction of sp³-hybridized carbons (Fsp3) is 0.410. The zero-order chi connectivity index (χ0) is 31.9. The monoisotopic (exact) mass is 622 g/mol. The van der Waals surface area contributed by atoms with E-state index >= 15 is 0 Å². The van der Waals surface area contributed by atoms with E-state index in [2.05, 4.69) is 104 Å². The molecule has 6 heteroatoms. The summed E-state index contributed by atoms with van der Waals surface area (Å²) in [5.41, 5.74) is 10.9. The lowest BCUT2D eigenvalue weighted by Gasteiger charge is -2.44. The molecule has 2 aliphatic rings. The molecule has 0 spiro atoms. The van der Waals surface area contributed by atoms with Crippen molar-refractivity contribution in [2.24, 2.45) is 5.73 Å². The normalized spacial score (nSPS) is 18.3. The van der Waals surface area contributed by atoms with Gasteiger partial charge in [0.15, 0.2) is 0 Å². The van der Waals surface area contributed by atoms with E-state index in [9.17, 15) is 4.79 Å². The van der Waals surface area contributed by atoms with Gasteiger partial charge in [0, 0.05) is 22.0 Å². The maximum Gasteiger partial charge on any atom is 0.253 e. The summed E-state index contributed by atoms with van der Waals surface area (Å²) in [7, 11) is 8.61. The van der Waals surface area contributed by atoms with Crippen molar-refractivity contribution in [1.29, 1.82) is 0 Å². The number of likely N-dealkylation sites (N-methyl/N-ethyl adjacent to an activating group) is 2. The van der Waals surface area contributed by atoms with Crippen LogP contribution in [0.2, 0.25) is 0 Å². The number of hydrogen-bond donors (Lipinski definition) is 2. The Morgan fingerprint density at radius 3 is 1.67 bits per heavy atom. The molecule has 45 heavy (non-hydrogen) atoms. The summed E-state index contributed by atoms with van der Waals surface area (Å²) in [5, 5.41) is 5.44. The topological polar surface area (TPSA) is 61.6 Å². The van der Waals surface area contributed by atoms with Crippen LogP contribution in [-0.4, -0.2) is 55.0 Å². The van der Waals surface area contributed by atoms with Crippen molar-refractivity contribution in [3.8, 4) is 10.4 Å². The molecule has 2 atom stereocenters. The Labute approximate surface area is 274 Å². The number of nitrogens with two attached hydrogens (primary N) is 1. The van der Waals surface area contributed by atoms with Gasteiger partial charge in [0.05, 0.1) is 11.6 Å². The minimum absolute atomic E-state index is 0.00656. The first kappa shape index (κ1) is 33.1. The summed E-state index contributed by atoms with van der Waals surface area (Å²) in [6.07, 6.45) is 9.63. The second kappa shape index (κ2) is 14.9. The van der Waals surface area contributed by atoms with Crippen LogP contribution in [0.3, 0.4) is 0 Å². The zero-order valence-corrected chi connectivity index (χ0v) is 28.2. The highest BCUT2D eigenvalue weighted by atomic mass is 32.1. The molecule has 5 nitrogen and oxygen atoms in total. The standard InChI is InChI=1S/C25H28N2OS.C14H22N2/c1-27(2)25(16-9-10-17-25)23(20-13-7-4-8-14-20)26-24(28)21-15-18-29-22(21)19-11-5-3-6-12-19;1-16(2)14(10-6-7-11-14)13(15)12-8-4-3-5-9-12/h3-8,11-15,18,23H,9-10,16-17H2,1-2H3,(H,26,28);3-5,8-9,13H,6-7,10-11,15H2,1-2H3. The summed E-state index contributed by atoms with van der Waals surface area (Å²) < 4.78 is 0. The van der Waals surface area contributed by atoms with Gasteiger partial charge in [-0.2, -0.15) is 0 Å². The van der Waals surface area contributed by atoms with E-state index in [4.69, 9.17) is 5.73 Å². The maximum atomic E-state index is 13.5. The van der Waals surface area contributed by atoms with Crippen LogP contribution in [0.5, 0.6) is 0 Å². The number of rotatable bonds is 9. The van der Waals surface area contributed by atoms with Gasteiger partial charge >= 0.3 is 0 Å². The van der Waals surface area contributed by atoms with E-state index in [1.54, 1.807) is 11.3 Å². The predicted molar refractivity (Wildman–Crippen MR) is 190 cm³/mol. The third-order valence-electron chi connectivity index (χ3n) is 10.3. The van der Waals surface area contributed by atoms with Gasteiger partial charge < -0.3 is 20.9 Å². The average molecular weight is 623 g/mol. The zero-order valence-electron chi connectivity index (χ0n) is 27.4. The molecule has 0 bridgehead atoms. The van der Waals surface area contributed by atoms with Crippen molar-refractivity contribution < 1.29 is 4.79 Å². The highest BCUT2D eigenvalue weighted by Crippen LogP contribution is 2.44. The van der Waals surface area contributed by atoms with E-state index in [0.29, 0.717) is 0 Å². The average Bonchev–Trinajstić information content (AvgIpc) is 3.87. The fourth-order valence-corrected chi connectivity index (χ4v) is 8.56. The SMILES string of the molecule is CN(C)C1(C(N)c2ccccc2)CCCC1.CN(C)C1(C(NC(=O)c2ccsc2-c2ccccc2)c2ccccc2)CCCC1. The van der Waals surface area contributed by atoms with Crippen LogP contribution in [0.15, 0.2) is 102 Å².